The second-order valence-corrected chi connectivity index (χ2v) is 5.46. The van der Waals surface area contributed by atoms with Crippen molar-refractivity contribution in [3.05, 3.63) is 47.9 Å². The van der Waals surface area contributed by atoms with Gasteiger partial charge in [-0.3, -0.25) is 4.79 Å². The molecule has 0 bridgehead atoms. The van der Waals surface area contributed by atoms with Crippen molar-refractivity contribution < 1.29 is 9.90 Å². The lowest BCUT2D eigenvalue weighted by atomic mass is 10.2. The number of amides is 1. The van der Waals surface area contributed by atoms with Gasteiger partial charge in [0, 0.05) is 31.7 Å². The molecule has 0 saturated carbocycles. The Balaban J connectivity index is 1.89. The number of rotatable bonds is 6. The van der Waals surface area contributed by atoms with Gasteiger partial charge in [0.15, 0.2) is 0 Å². The maximum atomic E-state index is 12.1. The zero-order valence-electron chi connectivity index (χ0n) is 12.1. The van der Waals surface area contributed by atoms with Crippen LogP contribution in [-0.2, 0) is 7.05 Å². The smallest absolute Gasteiger partial charge is 0.254 e. The largest absolute Gasteiger partial charge is 0.387 e. The minimum absolute atomic E-state index is 0.161. The molecule has 2 aromatic rings. The molecule has 112 valence electrons. The molecule has 2 N–H and O–H groups in total. The summed E-state index contributed by atoms with van der Waals surface area (Å²) in [6.45, 7) is 0.411. The zero-order chi connectivity index (χ0) is 15.2. The van der Waals surface area contributed by atoms with Crippen LogP contribution in [0.3, 0.4) is 0 Å². The van der Waals surface area contributed by atoms with Crippen LogP contribution < -0.4 is 5.32 Å². The molecule has 0 spiro atoms. The van der Waals surface area contributed by atoms with Gasteiger partial charge in [0.25, 0.3) is 5.91 Å². The van der Waals surface area contributed by atoms with Crippen LogP contribution in [0.5, 0.6) is 0 Å². The predicted molar refractivity (Wildman–Crippen MR) is 83.3 cm³/mol. The molecule has 5 nitrogen and oxygen atoms in total. The van der Waals surface area contributed by atoms with Crippen LogP contribution in [0.1, 0.15) is 28.6 Å². The summed E-state index contributed by atoms with van der Waals surface area (Å²) < 4.78 is 1.87. The lowest BCUT2D eigenvalue weighted by molar-refractivity contribution is 0.0937. The maximum absolute atomic E-state index is 12.1. The third-order valence-electron chi connectivity index (χ3n) is 3.24. The Labute approximate surface area is 128 Å². The van der Waals surface area contributed by atoms with E-state index in [0.29, 0.717) is 23.6 Å². The van der Waals surface area contributed by atoms with Gasteiger partial charge in [-0.05, 0) is 36.9 Å². The van der Waals surface area contributed by atoms with E-state index in [4.69, 9.17) is 0 Å². The number of hydrogen-bond acceptors (Lipinski definition) is 4. The van der Waals surface area contributed by atoms with Crippen LogP contribution in [0.15, 0.2) is 41.7 Å². The van der Waals surface area contributed by atoms with Gasteiger partial charge in [0.05, 0.1) is 11.7 Å². The summed E-state index contributed by atoms with van der Waals surface area (Å²) in [5.74, 6) is -0.161. The van der Waals surface area contributed by atoms with Crippen LogP contribution in [0.25, 0.3) is 0 Å². The summed E-state index contributed by atoms with van der Waals surface area (Å²) in [4.78, 5) is 16.3. The molecule has 0 fully saturated rings. The minimum atomic E-state index is -0.584. The van der Waals surface area contributed by atoms with Gasteiger partial charge in [-0.2, -0.15) is 0 Å². The number of nitrogens with one attached hydrogen (secondary N) is 1. The van der Waals surface area contributed by atoms with Crippen LogP contribution in [0, 0.1) is 0 Å². The number of nitrogens with zero attached hydrogens (tertiary/aromatic N) is 2. The quantitative estimate of drug-likeness (QED) is 0.801. The minimum Gasteiger partial charge on any atom is -0.387 e. The van der Waals surface area contributed by atoms with E-state index in [2.05, 4.69) is 10.3 Å². The Morgan fingerprint density at radius 2 is 2.29 bits per heavy atom. The van der Waals surface area contributed by atoms with Crippen LogP contribution in [0.4, 0.5) is 0 Å². The van der Waals surface area contributed by atoms with E-state index in [9.17, 15) is 9.90 Å². The molecule has 0 aliphatic carbocycles. The number of thioether (sulfide) groups is 1. The summed E-state index contributed by atoms with van der Waals surface area (Å²) in [5.41, 5.74) is 1.41. The Morgan fingerprint density at radius 3 is 2.95 bits per heavy atom. The van der Waals surface area contributed by atoms with Crippen LogP contribution in [0.2, 0.25) is 0 Å². The lowest BCUT2D eigenvalue weighted by Crippen LogP contribution is -2.26. The first-order chi connectivity index (χ1) is 10.1. The van der Waals surface area contributed by atoms with E-state index in [0.717, 1.165) is 5.69 Å². The van der Waals surface area contributed by atoms with Gasteiger partial charge < -0.3 is 15.0 Å². The van der Waals surface area contributed by atoms with Crippen molar-refractivity contribution in [1.82, 2.24) is 14.9 Å². The van der Waals surface area contributed by atoms with Crippen LogP contribution in [-0.4, -0.2) is 33.4 Å². The second-order valence-electron chi connectivity index (χ2n) is 4.66. The molecule has 0 aliphatic heterocycles. The van der Waals surface area contributed by atoms with E-state index in [1.54, 1.807) is 18.3 Å². The predicted octanol–water partition coefficient (Wildman–Crippen LogP) is 2.00. The monoisotopic (exact) mass is 305 g/mol. The average Bonchev–Trinajstić information content (AvgIpc) is 2.93. The number of aryl methyl sites for hydroxylation is 1. The summed E-state index contributed by atoms with van der Waals surface area (Å²) in [6, 6.07) is 7.26. The molecular weight excluding hydrogens is 286 g/mol. The first-order valence-corrected chi connectivity index (χ1v) is 7.92. The second kappa shape index (κ2) is 7.28. The highest BCUT2D eigenvalue weighted by Crippen LogP contribution is 2.18. The fourth-order valence-electron chi connectivity index (χ4n) is 2.11. The average molecular weight is 305 g/mol. The molecule has 21 heavy (non-hydrogen) atoms. The molecule has 6 heteroatoms. The summed E-state index contributed by atoms with van der Waals surface area (Å²) in [6.07, 6.45) is 5.33. The first-order valence-electron chi connectivity index (χ1n) is 6.70. The Morgan fingerprint density at radius 1 is 1.48 bits per heavy atom. The number of aliphatic hydroxyl groups excluding tert-OH is 1. The van der Waals surface area contributed by atoms with Crippen molar-refractivity contribution in [1.29, 1.82) is 0 Å². The Kier molecular flexibility index (Phi) is 5.41. The van der Waals surface area contributed by atoms with Crippen molar-refractivity contribution in [3.63, 3.8) is 0 Å². The summed E-state index contributed by atoms with van der Waals surface area (Å²) >= 11 is 1.44. The summed E-state index contributed by atoms with van der Waals surface area (Å²) in [7, 11) is 1.89. The van der Waals surface area contributed by atoms with Gasteiger partial charge >= 0.3 is 0 Å². The zero-order valence-corrected chi connectivity index (χ0v) is 12.9. The normalized spacial score (nSPS) is 12.1. The molecule has 2 heterocycles. The topological polar surface area (TPSA) is 67.2 Å². The highest BCUT2D eigenvalue weighted by Gasteiger charge is 2.13. The molecule has 1 atom stereocenters. The van der Waals surface area contributed by atoms with Crippen molar-refractivity contribution >= 4 is 17.7 Å². The summed E-state index contributed by atoms with van der Waals surface area (Å²) in [5, 5.41) is 13.6. The van der Waals surface area contributed by atoms with Crippen molar-refractivity contribution in [2.24, 2.45) is 7.05 Å². The Hall–Kier alpha value is -1.79. The van der Waals surface area contributed by atoms with Crippen molar-refractivity contribution in [2.45, 2.75) is 17.6 Å². The molecule has 0 aliphatic rings. The molecule has 0 radical (unpaired) electrons. The van der Waals surface area contributed by atoms with Crippen molar-refractivity contribution in [2.75, 3.05) is 12.8 Å². The number of aromatic nitrogens is 2. The molecule has 2 rings (SSSR count). The van der Waals surface area contributed by atoms with E-state index in [1.807, 2.05) is 36.2 Å². The maximum Gasteiger partial charge on any atom is 0.254 e. The van der Waals surface area contributed by atoms with Gasteiger partial charge in [-0.25, -0.2) is 4.98 Å². The molecule has 0 aromatic carbocycles. The van der Waals surface area contributed by atoms with E-state index in [1.165, 1.54) is 11.8 Å². The van der Waals surface area contributed by atoms with Gasteiger partial charge in [-0.1, -0.05) is 0 Å². The first kappa shape index (κ1) is 15.6. The SMILES string of the molecule is CSc1ncccc1C(=O)NCCC(O)c1cccn1C. The van der Waals surface area contributed by atoms with Gasteiger partial charge in [0.1, 0.15) is 5.03 Å². The molecular formula is C15H19N3O2S. The number of carbonyl (C=O) groups is 1. The number of aliphatic hydroxyl groups is 1. The van der Waals surface area contributed by atoms with Gasteiger partial charge in [-0.15, -0.1) is 11.8 Å². The molecule has 1 unspecified atom stereocenters. The third kappa shape index (κ3) is 3.86. The van der Waals surface area contributed by atoms with Crippen molar-refractivity contribution in [3.8, 4) is 0 Å². The highest BCUT2D eigenvalue weighted by atomic mass is 32.2. The number of pyridine rings is 1. The van der Waals surface area contributed by atoms with E-state index < -0.39 is 6.10 Å². The van der Waals surface area contributed by atoms with Crippen LogP contribution >= 0.6 is 11.8 Å². The third-order valence-corrected chi connectivity index (χ3v) is 3.95. The van der Waals surface area contributed by atoms with E-state index >= 15 is 0 Å². The lowest BCUT2D eigenvalue weighted by Gasteiger charge is -2.13. The standard InChI is InChI=1S/C15H19N3O2S/c1-18-10-4-6-12(18)13(19)7-9-16-14(20)11-5-3-8-17-15(11)21-2/h3-6,8,10,13,19H,7,9H2,1-2H3,(H,16,20). The van der Waals surface area contributed by atoms with Gasteiger partial charge in [0.2, 0.25) is 0 Å². The molecule has 2 aromatic heterocycles. The fourth-order valence-corrected chi connectivity index (χ4v) is 2.66. The number of carbonyl (C=O) groups excluding carboxylic acids is 1. The molecule has 1 amide bonds. The number of hydrogen-bond donors (Lipinski definition) is 2. The highest BCUT2D eigenvalue weighted by molar-refractivity contribution is 7.98. The fraction of sp³-hybridized carbons (Fsp3) is 0.333. The Bertz CT molecular complexity index is 612. The van der Waals surface area contributed by atoms with E-state index in [-0.39, 0.29) is 5.91 Å². The molecule has 0 saturated heterocycles.